The zero-order chi connectivity index (χ0) is 12.4. The second-order valence-electron chi connectivity index (χ2n) is 4.59. The largest absolute Gasteiger partial charge is 0.398 e. The quantitative estimate of drug-likeness (QED) is 0.594. The molecule has 2 N–H and O–H groups in total. The molecule has 0 bridgehead atoms. The molecule has 1 heterocycles. The molecule has 0 aromatic heterocycles. The van der Waals surface area contributed by atoms with Gasteiger partial charge in [0.1, 0.15) is 0 Å². The number of carbonyl (C=O) groups is 1. The monoisotopic (exact) mass is 230 g/mol. The summed E-state index contributed by atoms with van der Waals surface area (Å²) >= 11 is 0. The zero-order valence-corrected chi connectivity index (χ0v) is 10.4. The van der Waals surface area contributed by atoms with Gasteiger partial charge in [0.15, 0.2) is 0 Å². The first kappa shape index (κ1) is 11.7. The summed E-state index contributed by atoms with van der Waals surface area (Å²) in [6, 6.07) is 5.51. The second-order valence-corrected chi connectivity index (χ2v) is 4.59. The Kier molecular flexibility index (Phi) is 3.18. The fraction of sp³-hybridized carbons (Fsp3) is 0.357. The first-order valence-corrected chi connectivity index (χ1v) is 5.89. The van der Waals surface area contributed by atoms with E-state index in [1.54, 1.807) is 0 Å². The van der Waals surface area contributed by atoms with Gasteiger partial charge >= 0.3 is 0 Å². The van der Waals surface area contributed by atoms with Gasteiger partial charge in [-0.15, -0.1) is 0 Å². The molecule has 0 saturated carbocycles. The third kappa shape index (κ3) is 2.33. The highest BCUT2D eigenvalue weighted by Crippen LogP contribution is 2.19. The fourth-order valence-corrected chi connectivity index (χ4v) is 2.14. The Morgan fingerprint density at radius 1 is 1.35 bits per heavy atom. The molecular weight excluding hydrogens is 212 g/mol. The second kappa shape index (κ2) is 4.62. The molecule has 0 unspecified atom stereocenters. The molecule has 1 amide bonds. The van der Waals surface area contributed by atoms with Crippen molar-refractivity contribution in [1.82, 2.24) is 4.90 Å². The van der Waals surface area contributed by atoms with Crippen LogP contribution in [0.5, 0.6) is 0 Å². The van der Waals surface area contributed by atoms with E-state index in [1.165, 1.54) is 5.57 Å². The van der Waals surface area contributed by atoms with Crippen LogP contribution in [0.3, 0.4) is 0 Å². The van der Waals surface area contributed by atoms with Gasteiger partial charge in [-0.05, 0) is 38.0 Å². The Hall–Kier alpha value is -1.77. The Bertz CT molecular complexity index is 477. The predicted molar refractivity (Wildman–Crippen MR) is 69.9 cm³/mol. The zero-order valence-electron chi connectivity index (χ0n) is 10.4. The highest BCUT2D eigenvalue weighted by atomic mass is 16.2. The molecule has 0 aliphatic carbocycles. The van der Waals surface area contributed by atoms with Crippen LogP contribution in [0.4, 0.5) is 5.69 Å². The molecule has 1 aromatic carbocycles. The summed E-state index contributed by atoms with van der Waals surface area (Å²) in [5, 5.41) is 0. The summed E-state index contributed by atoms with van der Waals surface area (Å²) in [6.45, 7) is 5.48. The molecule has 0 saturated heterocycles. The predicted octanol–water partition coefficient (Wildman–Crippen LogP) is 2.37. The van der Waals surface area contributed by atoms with Gasteiger partial charge in [-0.25, -0.2) is 0 Å². The van der Waals surface area contributed by atoms with Crippen molar-refractivity contribution >= 4 is 11.6 Å². The van der Waals surface area contributed by atoms with Crippen molar-refractivity contribution < 1.29 is 4.79 Å². The lowest BCUT2D eigenvalue weighted by atomic mass is 10.0. The van der Waals surface area contributed by atoms with Crippen LogP contribution >= 0.6 is 0 Å². The molecule has 3 nitrogen and oxygen atoms in total. The number of amides is 1. The van der Waals surface area contributed by atoms with Crippen LogP contribution in [0.1, 0.15) is 29.3 Å². The third-order valence-corrected chi connectivity index (χ3v) is 3.23. The minimum Gasteiger partial charge on any atom is -0.398 e. The molecular formula is C14H18N2O. The van der Waals surface area contributed by atoms with E-state index in [2.05, 4.69) is 13.0 Å². The van der Waals surface area contributed by atoms with Crippen LogP contribution in [0.25, 0.3) is 0 Å². The number of rotatable bonds is 1. The maximum absolute atomic E-state index is 12.4. The maximum Gasteiger partial charge on any atom is 0.254 e. The molecule has 0 atom stereocenters. The van der Waals surface area contributed by atoms with E-state index < -0.39 is 0 Å². The summed E-state index contributed by atoms with van der Waals surface area (Å²) in [6.07, 6.45) is 3.13. The number of carbonyl (C=O) groups excluding carboxylic acids is 1. The van der Waals surface area contributed by atoms with Crippen LogP contribution in [0, 0.1) is 6.92 Å². The van der Waals surface area contributed by atoms with Crippen LogP contribution in [-0.4, -0.2) is 23.9 Å². The number of hydrogen-bond acceptors (Lipinski definition) is 2. The van der Waals surface area contributed by atoms with E-state index in [4.69, 9.17) is 5.73 Å². The number of benzene rings is 1. The van der Waals surface area contributed by atoms with Gasteiger partial charge in [0.05, 0.1) is 0 Å². The molecule has 0 spiro atoms. The number of nitrogens with two attached hydrogens (primary N) is 1. The SMILES string of the molecule is CC1=CCCN(C(=O)c2cccc(N)c2C)C1. The summed E-state index contributed by atoms with van der Waals surface area (Å²) in [4.78, 5) is 14.2. The van der Waals surface area contributed by atoms with Gasteiger partial charge < -0.3 is 10.6 Å². The minimum atomic E-state index is 0.0854. The van der Waals surface area contributed by atoms with E-state index in [9.17, 15) is 4.79 Å². The summed E-state index contributed by atoms with van der Waals surface area (Å²) < 4.78 is 0. The van der Waals surface area contributed by atoms with Gasteiger partial charge in [-0.3, -0.25) is 4.79 Å². The van der Waals surface area contributed by atoms with Crippen molar-refractivity contribution in [3.05, 3.63) is 41.0 Å². The molecule has 2 rings (SSSR count). The Labute approximate surface area is 102 Å². The minimum absolute atomic E-state index is 0.0854. The Balaban J connectivity index is 2.26. The standard InChI is InChI=1S/C14H18N2O/c1-10-5-4-8-16(9-10)14(17)12-6-3-7-13(15)11(12)2/h3,5-7H,4,8-9,15H2,1-2H3. The van der Waals surface area contributed by atoms with Crippen molar-refractivity contribution in [2.45, 2.75) is 20.3 Å². The fourth-order valence-electron chi connectivity index (χ4n) is 2.14. The van der Waals surface area contributed by atoms with Crippen LogP contribution in [-0.2, 0) is 0 Å². The lowest BCUT2D eigenvalue weighted by Gasteiger charge is -2.27. The van der Waals surface area contributed by atoms with Crippen LogP contribution < -0.4 is 5.73 Å². The summed E-state index contributed by atoms with van der Waals surface area (Å²) in [5.74, 6) is 0.0854. The highest BCUT2D eigenvalue weighted by molar-refractivity contribution is 5.97. The van der Waals surface area contributed by atoms with Crippen LogP contribution in [0.2, 0.25) is 0 Å². The number of nitrogens with zero attached hydrogens (tertiary/aromatic N) is 1. The van der Waals surface area contributed by atoms with E-state index in [-0.39, 0.29) is 5.91 Å². The van der Waals surface area contributed by atoms with Crippen molar-refractivity contribution in [1.29, 1.82) is 0 Å². The van der Waals surface area contributed by atoms with Gasteiger partial charge in [0.2, 0.25) is 0 Å². The van der Waals surface area contributed by atoms with Gasteiger partial charge in [0, 0.05) is 24.3 Å². The van der Waals surface area contributed by atoms with Gasteiger partial charge in [-0.2, -0.15) is 0 Å². The summed E-state index contributed by atoms with van der Waals surface area (Å²) in [5.41, 5.74) is 9.37. The number of anilines is 1. The first-order chi connectivity index (χ1) is 8.09. The smallest absolute Gasteiger partial charge is 0.254 e. The summed E-state index contributed by atoms with van der Waals surface area (Å²) in [7, 11) is 0. The van der Waals surface area contributed by atoms with E-state index >= 15 is 0 Å². The normalized spacial score (nSPS) is 15.6. The Morgan fingerprint density at radius 3 is 2.82 bits per heavy atom. The van der Waals surface area contributed by atoms with Crippen molar-refractivity contribution in [3.8, 4) is 0 Å². The van der Waals surface area contributed by atoms with Crippen molar-refractivity contribution in [2.75, 3.05) is 18.8 Å². The number of hydrogen-bond donors (Lipinski definition) is 1. The lowest BCUT2D eigenvalue weighted by Crippen LogP contribution is -2.35. The number of nitrogen functional groups attached to an aromatic ring is 1. The molecule has 1 aromatic rings. The molecule has 17 heavy (non-hydrogen) atoms. The van der Waals surface area contributed by atoms with Crippen molar-refractivity contribution in [2.24, 2.45) is 0 Å². The molecule has 0 radical (unpaired) electrons. The van der Waals surface area contributed by atoms with Gasteiger partial charge in [-0.1, -0.05) is 17.7 Å². The van der Waals surface area contributed by atoms with Crippen LogP contribution in [0.15, 0.2) is 29.8 Å². The average molecular weight is 230 g/mol. The topological polar surface area (TPSA) is 46.3 Å². The molecule has 3 heteroatoms. The molecule has 1 aliphatic rings. The lowest BCUT2D eigenvalue weighted by molar-refractivity contribution is 0.0765. The van der Waals surface area contributed by atoms with Gasteiger partial charge in [0.25, 0.3) is 5.91 Å². The van der Waals surface area contributed by atoms with E-state index in [0.717, 1.165) is 30.6 Å². The molecule has 1 aliphatic heterocycles. The van der Waals surface area contributed by atoms with E-state index in [1.807, 2.05) is 30.0 Å². The average Bonchev–Trinajstić information content (AvgIpc) is 2.32. The maximum atomic E-state index is 12.4. The molecule has 0 fully saturated rings. The first-order valence-electron chi connectivity index (χ1n) is 5.89. The molecule has 90 valence electrons. The Morgan fingerprint density at radius 2 is 2.12 bits per heavy atom. The third-order valence-electron chi connectivity index (χ3n) is 3.23. The highest BCUT2D eigenvalue weighted by Gasteiger charge is 2.19. The van der Waals surface area contributed by atoms with Crippen molar-refractivity contribution in [3.63, 3.8) is 0 Å². The van der Waals surface area contributed by atoms with E-state index in [0.29, 0.717) is 5.69 Å².